The summed E-state index contributed by atoms with van der Waals surface area (Å²) >= 11 is 7.04. The van der Waals surface area contributed by atoms with E-state index in [1.807, 2.05) is 0 Å². The number of halogens is 1. The van der Waals surface area contributed by atoms with Gasteiger partial charge in [0.25, 0.3) is 5.91 Å². The molecule has 1 amide bonds. The summed E-state index contributed by atoms with van der Waals surface area (Å²) in [5.74, 6) is 0.0104. The lowest BCUT2D eigenvalue weighted by Crippen LogP contribution is -2.46. The molecule has 3 nitrogen and oxygen atoms in total. The topological polar surface area (TPSA) is 37.4 Å². The molecule has 0 bridgehead atoms. The van der Waals surface area contributed by atoms with Crippen molar-refractivity contribution in [2.24, 2.45) is 0 Å². The van der Waals surface area contributed by atoms with Gasteiger partial charge in [0.05, 0.1) is 14.8 Å². The van der Waals surface area contributed by atoms with Crippen molar-refractivity contribution in [3.8, 4) is 0 Å². The van der Waals surface area contributed by atoms with E-state index in [4.69, 9.17) is 11.6 Å². The first-order chi connectivity index (χ1) is 7.43. The first-order valence-electron chi connectivity index (χ1n) is 5.03. The van der Waals surface area contributed by atoms with Gasteiger partial charge in [-0.05, 0) is 26.0 Å². The van der Waals surface area contributed by atoms with Crippen LogP contribution in [0, 0.1) is 0 Å². The van der Waals surface area contributed by atoms with E-state index >= 15 is 0 Å². The van der Waals surface area contributed by atoms with E-state index in [0.29, 0.717) is 22.2 Å². The number of hydrogen-bond donors (Lipinski definition) is 0. The summed E-state index contributed by atoms with van der Waals surface area (Å²) in [5.41, 5.74) is -0.687. The minimum atomic E-state index is -0.687. The lowest BCUT2D eigenvalue weighted by atomic mass is 10.0. The van der Waals surface area contributed by atoms with E-state index in [1.54, 1.807) is 30.9 Å². The zero-order valence-electron chi connectivity index (χ0n) is 9.12. The zero-order valence-corrected chi connectivity index (χ0v) is 10.7. The first kappa shape index (κ1) is 11.6. The van der Waals surface area contributed by atoms with Crippen LogP contribution in [-0.2, 0) is 4.79 Å². The minimum absolute atomic E-state index is 0.104. The molecule has 1 aromatic rings. The quantitative estimate of drug-likeness (QED) is 0.776. The van der Waals surface area contributed by atoms with Crippen molar-refractivity contribution < 1.29 is 9.59 Å². The van der Waals surface area contributed by atoms with Gasteiger partial charge in [-0.2, -0.15) is 0 Å². The van der Waals surface area contributed by atoms with Crippen molar-refractivity contribution >= 4 is 34.6 Å². The molecule has 0 saturated carbocycles. The molecule has 0 aliphatic carbocycles. The van der Waals surface area contributed by atoms with E-state index < -0.39 is 5.54 Å². The summed E-state index contributed by atoms with van der Waals surface area (Å²) in [7, 11) is 0. The predicted molar refractivity (Wildman–Crippen MR) is 64.1 cm³/mol. The van der Waals surface area contributed by atoms with E-state index in [-0.39, 0.29) is 11.7 Å². The van der Waals surface area contributed by atoms with E-state index in [2.05, 4.69) is 0 Å². The number of carbonyl (C=O) groups is 2. The minimum Gasteiger partial charge on any atom is -0.325 e. The maximum Gasteiger partial charge on any atom is 0.264 e. The molecular formula is C11H12ClNO2S. The molecule has 5 heteroatoms. The van der Waals surface area contributed by atoms with Gasteiger partial charge in [0.1, 0.15) is 0 Å². The predicted octanol–water partition coefficient (Wildman–Crippen LogP) is 2.60. The highest BCUT2D eigenvalue weighted by Gasteiger charge is 2.43. The first-order valence-corrected chi connectivity index (χ1v) is 6.23. The Morgan fingerprint density at radius 1 is 1.50 bits per heavy atom. The Labute approximate surface area is 103 Å². The summed E-state index contributed by atoms with van der Waals surface area (Å²) in [6.07, 6.45) is 0.442. The maximum atomic E-state index is 12.1. The van der Waals surface area contributed by atoms with Crippen LogP contribution in [-0.4, -0.2) is 28.7 Å². The summed E-state index contributed by atoms with van der Waals surface area (Å²) in [6, 6.07) is 3.40. The summed E-state index contributed by atoms with van der Waals surface area (Å²) in [6.45, 7) is 4.07. The van der Waals surface area contributed by atoms with Gasteiger partial charge >= 0.3 is 0 Å². The van der Waals surface area contributed by atoms with Crippen LogP contribution < -0.4 is 0 Å². The highest BCUT2D eigenvalue weighted by Crippen LogP contribution is 2.30. The van der Waals surface area contributed by atoms with Gasteiger partial charge in [0.2, 0.25) is 0 Å². The van der Waals surface area contributed by atoms with Gasteiger partial charge in [-0.15, -0.1) is 11.3 Å². The van der Waals surface area contributed by atoms with E-state index in [0.717, 1.165) is 0 Å². The summed E-state index contributed by atoms with van der Waals surface area (Å²) in [4.78, 5) is 26.0. The second-order valence-electron chi connectivity index (χ2n) is 4.29. The Morgan fingerprint density at radius 2 is 2.19 bits per heavy atom. The Balaban J connectivity index is 2.27. The zero-order chi connectivity index (χ0) is 11.9. The molecule has 0 spiro atoms. The number of ketones is 1. The average Bonchev–Trinajstić information content (AvgIpc) is 2.73. The van der Waals surface area contributed by atoms with Gasteiger partial charge in [0, 0.05) is 13.0 Å². The van der Waals surface area contributed by atoms with Crippen LogP contribution in [0.2, 0.25) is 4.34 Å². The van der Waals surface area contributed by atoms with Crippen LogP contribution in [0.25, 0.3) is 0 Å². The summed E-state index contributed by atoms with van der Waals surface area (Å²) in [5, 5.41) is 0. The number of Topliss-reactive ketones (excluding diaryl/α,β-unsaturated/α-hetero) is 1. The molecule has 2 rings (SSSR count). The lowest BCUT2D eigenvalue weighted by molar-refractivity contribution is -0.123. The number of thiophene rings is 1. The van der Waals surface area contributed by atoms with E-state index in [9.17, 15) is 9.59 Å². The van der Waals surface area contributed by atoms with Crippen LogP contribution in [0.15, 0.2) is 12.1 Å². The highest BCUT2D eigenvalue weighted by molar-refractivity contribution is 7.18. The molecule has 1 aromatic heterocycles. The molecule has 0 atom stereocenters. The van der Waals surface area contributed by atoms with Crippen molar-refractivity contribution in [1.82, 2.24) is 4.90 Å². The summed E-state index contributed by atoms with van der Waals surface area (Å²) < 4.78 is 0.590. The third kappa shape index (κ3) is 1.76. The Bertz CT molecular complexity index is 453. The molecule has 1 aliphatic heterocycles. The fourth-order valence-electron chi connectivity index (χ4n) is 1.87. The smallest absolute Gasteiger partial charge is 0.264 e. The normalized spacial score (nSPS) is 19.2. The number of hydrogen-bond acceptors (Lipinski definition) is 3. The van der Waals surface area contributed by atoms with Crippen LogP contribution >= 0.6 is 22.9 Å². The molecular weight excluding hydrogens is 246 g/mol. The molecule has 0 aromatic carbocycles. The van der Waals surface area contributed by atoms with Crippen molar-refractivity contribution in [3.05, 3.63) is 21.3 Å². The molecule has 16 heavy (non-hydrogen) atoms. The Morgan fingerprint density at radius 3 is 2.62 bits per heavy atom. The van der Waals surface area contributed by atoms with Crippen LogP contribution in [0.3, 0.4) is 0 Å². The fraction of sp³-hybridized carbons (Fsp3) is 0.455. The van der Waals surface area contributed by atoms with Crippen LogP contribution in [0.1, 0.15) is 29.9 Å². The molecule has 0 N–H and O–H groups in total. The van der Waals surface area contributed by atoms with Crippen LogP contribution in [0.5, 0.6) is 0 Å². The number of nitrogens with zero attached hydrogens (tertiary/aromatic N) is 1. The molecule has 86 valence electrons. The van der Waals surface area contributed by atoms with Crippen molar-refractivity contribution in [2.75, 3.05) is 6.54 Å². The average molecular weight is 258 g/mol. The van der Waals surface area contributed by atoms with Gasteiger partial charge in [-0.25, -0.2) is 0 Å². The lowest BCUT2D eigenvalue weighted by Gasteiger charge is -2.29. The second kappa shape index (κ2) is 3.86. The number of carbonyl (C=O) groups excluding carboxylic acids is 2. The monoisotopic (exact) mass is 257 g/mol. The van der Waals surface area contributed by atoms with Crippen molar-refractivity contribution in [1.29, 1.82) is 0 Å². The molecule has 2 heterocycles. The van der Waals surface area contributed by atoms with Crippen molar-refractivity contribution in [3.63, 3.8) is 0 Å². The second-order valence-corrected chi connectivity index (χ2v) is 6.01. The molecule has 0 unspecified atom stereocenters. The molecule has 1 fully saturated rings. The highest BCUT2D eigenvalue weighted by atomic mass is 35.5. The largest absolute Gasteiger partial charge is 0.325 e. The molecule has 1 aliphatic rings. The SMILES string of the molecule is CC1(C)C(=O)CCN1C(=O)c1ccc(Cl)s1. The van der Waals surface area contributed by atoms with E-state index in [1.165, 1.54) is 11.3 Å². The Hall–Kier alpha value is -0.870. The number of likely N-dealkylation sites (tertiary alicyclic amines) is 1. The van der Waals surface area contributed by atoms with Crippen LogP contribution in [0.4, 0.5) is 0 Å². The third-order valence-corrected chi connectivity index (χ3v) is 4.17. The van der Waals surface area contributed by atoms with Gasteiger partial charge in [-0.1, -0.05) is 11.6 Å². The molecule has 1 saturated heterocycles. The van der Waals surface area contributed by atoms with Gasteiger partial charge in [-0.3, -0.25) is 9.59 Å². The van der Waals surface area contributed by atoms with Crippen molar-refractivity contribution in [2.45, 2.75) is 25.8 Å². The Kier molecular flexibility index (Phi) is 2.80. The van der Waals surface area contributed by atoms with Gasteiger partial charge < -0.3 is 4.90 Å². The molecule has 0 radical (unpaired) electrons. The van der Waals surface area contributed by atoms with Gasteiger partial charge in [0.15, 0.2) is 5.78 Å². The fourth-order valence-corrected chi connectivity index (χ4v) is 2.86. The third-order valence-electron chi connectivity index (χ3n) is 2.95. The number of amides is 1. The maximum absolute atomic E-state index is 12.1. The standard InChI is InChI=1S/C11H12ClNO2S/c1-11(2)8(14)5-6-13(11)10(15)7-3-4-9(12)16-7/h3-4H,5-6H2,1-2H3. The number of rotatable bonds is 1.